The van der Waals surface area contributed by atoms with Gasteiger partial charge in [0.25, 0.3) is 0 Å². The van der Waals surface area contributed by atoms with Gasteiger partial charge in [-0.3, -0.25) is 9.88 Å². The van der Waals surface area contributed by atoms with E-state index in [2.05, 4.69) is 9.97 Å². The van der Waals surface area contributed by atoms with Crippen molar-refractivity contribution < 1.29 is 23.1 Å². The van der Waals surface area contributed by atoms with Gasteiger partial charge in [0.05, 0.1) is 16.9 Å². The fourth-order valence-electron chi connectivity index (χ4n) is 2.14. The minimum Gasteiger partial charge on any atom is -0.529 e. The van der Waals surface area contributed by atoms with Crippen LogP contribution in [0.15, 0.2) is 54.2 Å². The SMILES string of the molecule is O=C([O-])N(c1cccc(C(F)(F)F)c1)c1nc(-c2ccncc2)cs1. The van der Waals surface area contributed by atoms with Crippen LogP contribution in [-0.2, 0) is 6.18 Å². The molecule has 5 nitrogen and oxygen atoms in total. The maximum absolute atomic E-state index is 12.9. The summed E-state index contributed by atoms with van der Waals surface area (Å²) in [7, 11) is 0. The van der Waals surface area contributed by atoms with E-state index >= 15 is 0 Å². The number of pyridine rings is 1. The molecule has 128 valence electrons. The Bertz CT molecular complexity index is 897. The zero-order chi connectivity index (χ0) is 18.0. The van der Waals surface area contributed by atoms with E-state index in [-0.39, 0.29) is 10.8 Å². The quantitative estimate of drug-likeness (QED) is 0.711. The first kappa shape index (κ1) is 16.9. The van der Waals surface area contributed by atoms with E-state index in [1.807, 2.05) is 0 Å². The summed E-state index contributed by atoms with van der Waals surface area (Å²) in [5, 5.41) is 13.1. The normalized spacial score (nSPS) is 11.3. The molecule has 0 saturated heterocycles. The average molecular weight is 364 g/mol. The van der Waals surface area contributed by atoms with E-state index in [0.29, 0.717) is 16.2 Å². The van der Waals surface area contributed by atoms with Crippen LogP contribution < -0.4 is 10.0 Å². The van der Waals surface area contributed by atoms with E-state index < -0.39 is 17.8 Å². The fraction of sp³-hybridized carbons (Fsp3) is 0.0625. The third-order valence-electron chi connectivity index (χ3n) is 3.27. The van der Waals surface area contributed by atoms with Gasteiger partial charge in [-0.1, -0.05) is 6.07 Å². The first-order chi connectivity index (χ1) is 11.9. The summed E-state index contributed by atoms with van der Waals surface area (Å²) in [5.41, 5.74) is 0.0492. The molecule has 0 radical (unpaired) electrons. The lowest BCUT2D eigenvalue weighted by molar-refractivity contribution is -0.245. The molecule has 3 rings (SSSR count). The summed E-state index contributed by atoms with van der Waals surface area (Å²) in [4.78, 5) is 20.2. The number of nitrogens with zero attached hydrogens (tertiary/aromatic N) is 3. The topological polar surface area (TPSA) is 69.2 Å². The number of rotatable bonds is 3. The predicted molar refractivity (Wildman–Crippen MR) is 84.3 cm³/mol. The molecule has 25 heavy (non-hydrogen) atoms. The van der Waals surface area contributed by atoms with Gasteiger partial charge >= 0.3 is 6.18 Å². The van der Waals surface area contributed by atoms with Crippen LogP contribution >= 0.6 is 11.3 Å². The minimum absolute atomic E-state index is 0.00821. The highest BCUT2D eigenvalue weighted by atomic mass is 32.1. The van der Waals surface area contributed by atoms with Crippen LogP contribution in [-0.4, -0.2) is 16.1 Å². The van der Waals surface area contributed by atoms with Gasteiger partial charge in [0, 0.05) is 23.3 Å². The number of anilines is 2. The Kier molecular flexibility index (Phi) is 4.41. The molecule has 2 aromatic heterocycles. The minimum atomic E-state index is -4.58. The van der Waals surface area contributed by atoms with Crippen LogP contribution in [0.5, 0.6) is 0 Å². The molecule has 0 spiro atoms. The van der Waals surface area contributed by atoms with E-state index in [0.717, 1.165) is 29.5 Å². The largest absolute Gasteiger partial charge is 0.529 e. The molecule has 0 atom stereocenters. The molecule has 0 aliphatic heterocycles. The van der Waals surface area contributed by atoms with Crippen molar-refractivity contribution in [2.75, 3.05) is 4.90 Å². The highest BCUT2D eigenvalue weighted by molar-refractivity contribution is 7.14. The van der Waals surface area contributed by atoms with Crippen LogP contribution in [0, 0.1) is 0 Å². The van der Waals surface area contributed by atoms with Crippen LogP contribution in [0.1, 0.15) is 5.56 Å². The number of benzene rings is 1. The summed E-state index contributed by atoms with van der Waals surface area (Å²) in [5.74, 6) is 0. The number of carbonyl (C=O) groups excluding carboxylic acids is 1. The highest BCUT2D eigenvalue weighted by Gasteiger charge is 2.31. The van der Waals surface area contributed by atoms with Crippen molar-refractivity contribution in [3.63, 3.8) is 0 Å². The van der Waals surface area contributed by atoms with Crippen LogP contribution in [0.2, 0.25) is 0 Å². The Morgan fingerprint density at radius 1 is 1.16 bits per heavy atom. The molecule has 0 aliphatic rings. The molecule has 1 amide bonds. The number of amides is 1. The molecule has 0 unspecified atom stereocenters. The highest BCUT2D eigenvalue weighted by Crippen LogP contribution is 2.35. The van der Waals surface area contributed by atoms with Crippen molar-refractivity contribution in [1.29, 1.82) is 0 Å². The summed E-state index contributed by atoms with van der Waals surface area (Å²) >= 11 is 0.981. The fourth-order valence-corrected chi connectivity index (χ4v) is 2.98. The van der Waals surface area contributed by atoms with Crippen molar-refractivity contribution >= 4 is 28.2 Å². The number of hydrogen-bond donors (Lipinski definition) is 0. The van der Waals surface area contributed by atoms with Gasteiger partial charge < -0.3 is 9.90 Å². The lowest BCUT2D eigenvalue weighted by atomic mass is 10.2. The lowest BCUT2D eigenvalue weighted by Gasteiger charge is -2.23. The van der Waals surface area contributed by atoms with Gasteiger partial charge in [-0.05, 0) is 30.3 Å². The van der Waals surface area contributed by atoms with Gasteiger partial charge in [-0.2, -0.15) is 13.2 Å². The number of alkyl halides is 3. The van der Waals surface area contributed by atoms with Crippen molar-refractivity contribution in [3.05, 3.63) is 59.7 Å². The van der Waals surface area contributed by atoms with E-state index in [1.54, 1.807) is 29.9 Å². The van der Waals surface area contributed by atoms with E-state index in [9.17, 15) is 23.1 Å². The van der Waals surface area contributed by atoms with Crippen LogP contribution in [0.3, 0.4) is 0 Å². The number of carbonyl (C=O) groups is 1. The van der Waals surface area contributed by atoms with Crippen LogP contribution in [0.4, 0.5) is 28.8 Å². The third-order valence-corrected chi connectivity index (χ3v) is 4.10. The molecular weight excluding hydrogens is 355 g/mol. The molecular formula is C16H9F3N3O2S-. The number of thiazole rings is 1. The maximum atomic E-state index is 12.9. The molecule has 0 fully saturated rings. The Balaban J connectivity index is 2.01. The summed E-state index contributed by atoms with van der Waals surface area (Å²) in [6, 6.07) is 7.35. The number of halogens is 3. The molecule has 0 N–H and O–H groups in total. The van der Waals surface area contributed by atoms with Crippen molar-refractivity contribution in [3.8, 4) is 11.3 Å². The van der Waals surface area contributed by atoms with E-state index in [1.165, 1.54) is 6.07 Å². The average Bonchev–Trinajstić information content (AvgIpc) is 3.04. The van der Waals surface area contributed by atoms with Crippen molar-refractivity contribution in [1.82, 2.24) is 9.97 Å². The molecule has 2 heterocycles. The first-order valence-electron chi connectivity index (χ1n) is 6.90. The van der Waals surface area contributed by atoms with Gasteiger partial charge in [-0.15, -0.1) is 11.3 Å². The number of aromatic nitrogens is 2. The summed E-state index contributed by atoms with van der Waals surface area (Å²) < 4.78 is 38.6. The lowest BCUT2D eigenvalue weighted by Crippen LogP contribution is -2.38. The second kappa shape index (κ2) is 6.52. The molecule has 0 saturated carbocycles. The van der Waals surface area contributed by atoms with Crippen molar-refractivity contribution in [2.45, 2.75) is 6.18 Å². The van der Waals surface area contributed by atoms with E-state index in [4.69, 9.17) is 0 Å². The third kappa shape index (κ3) is 3.61. The molecule has 3 aromatic rings. The molecule has 1 aromatic carbocycles. The van der Waals surface area contributed by atoms with Crippen molar-refractivity contribution in [2.24, 2.45) is 0 Å². The second-order valence-corrected chi connectivity index (χ2v) is 5.74. The summed E-state index contributed by atoms with van der Waals surface area (Å²) in [6.45, 7) is 0. The van der Waals surface area contributed by atoms with Gasteiger partial charge in [0.2, 0.25) is 0 Å². The summed E-state index contributed by atoms with van der Waals surface area (Å²) in [6.07, 6.45) is -3.15. The second-order valence-electron chi connectivity index (χ2n) is 4.90. The Labute approximate surface area is 144 Å². The predicted octanol–water partition coefficient (Wildman–Crippen LogP) is 3.71. The van der Waals surface area contributed by atoms with Gasteiger partial charge in [0.15, 0.2) is 5.13 Å². The molecule has 9 heteroatoms. The molecule has 0 bridgehead atoms. The standard InChI is InChI=1S/C16H10F3N3O2S/c17-16(18,19)11-2-1-3-12(8-11)22(15(23)24)14-21-13(9-25-14)10-4-6-20-7-5-10/h1-9H,(H,23,24)/p-1. The first-order valence-corrected chi connectivity index (χ1v) is 7.78. The smallest absolute Gasteiger partial charge is 0.416 e. The monoisotopic (exact) mass is 364 g/mol. The zero-order valence-electron chi connectivity index (χ0n) is 12.4. The Morgan fingerprint density at radius 3 is 2.52 bits per heavy atom. The Hall–Kier alpha value is -2.94. The number of hydrogen-bond acceptors (Lipinski definition) is 5. The Morgan fingerprint density at radius 2 is 1.88 bits per heavy atom. The van der Waals surface area contributed by atoms with Gasteiger partial charge in [-0.25, -0.2) is 4.98 Å². The zero-order valence-corrected chi connectivity index (χ0v) is 13.2. The van der Waals surface area contributed by atoms with Crippen LogP contribution in [0.25, 0.3) is 11.3 Å². The molecule has 0 aliphatic carbocycles. The van der Waals surface area contributed by atoms with Gasteiger partial charge in [0.1, 0.15) is 6.09 Å². The maximum Gasteiger partial charge on any atom is 0.416 e. The number of carboxylic acid groups (broad SMARTS) is 1.